The van der Waals surface area contributed by atoms with Crippen LogP contribution in [0.2, 0.25) is 0 Å². The molecule has 1 fully saturated rings. The van der Waals surface area contributed by atoms with E-state index in [1.54, 1.807) is 18.2 Å². The van der Waals surface area contributed by atoms with E-state index in [4.69, 9.17) is 9.47 Å². The lowest BCUT2D eigenvalue weighted by molar-refractivity contribution is -0.123. The smallest absolute Gasteiger partial charge is 0.257 e. The molecular weight excluding hydrogens is 306 g/mol. The summed E-state index contributed by atoms with van der Waals surface area (Å²) in [6.45, 7) is 2.64. The highest BCUT2D eigenvalue weighted by atomic mass is 32.2. The Morgan fingerprint density at radius 3 is 2.55 bits per heavy atom. The van der Waals surface area contributed by atoms with Crippen LogP contribution in [0.15, 0.2) is 24.3 Å². The van der Waals surface area contributed by atoms with Gasteiger partial charge in [-0.25, -0.2) is 8.42 Å². The zero-order chi connectivity index (χ0) is 16.0. The maximum Gasteiger partial charge on any atom is 0.257 e. The average molecular weight is 327 g/mol. The minimum absolute atomic E-state index is 0.00432. The Hall–Kier alpha value is -1.76. The summed E-state index contributed by atoms with van der Waals surface area (Å²) in [5, 5.41) is 2.71. The molecule has 0 saturated carbocycles. The Morgan fingerprint density at radius 1 is 1.27 bits per heavy atom. The number of para-hydroxylation sites is 2. The summed E-state index contributed by atoms with van der Waals surface area (Å²) >= 11 is 0. The molecule has 1 atom stereocenters. The van der Waals surface area contributed by atoms with E-state index in [-0.39, 0.29) is 29.9 Å². The molecule has 0 radical (unpaired) electrons. The normalized spacial score (nSPS) is 19.6. The largest absolute Gasteiger partial charge is 0.490 e. The van der Waals surface area contributed by atoms with Crippen molar-refractivity contribution >= 4 is 15.7 Å². The maximum absolute atomic E-state index is 11.8. The highest BCUT2D eigenvalue weighted by Gasteiger charge is 2.27. The van der Waals surface area contributed by atoms with Crippen molar-refractivity contribution in [1.82, 2.24) is 5.32 Å². The molecule has 0 spiro atoms. The van der Waals surface area contributed by atoms with Crippen LogP contribution in [0.4, 0.5) is 0 Å². The summed E-state index contributed by atoms with van der Waals surface area (Å²) in [7, 11) is -2.91. The van der Waals surface area contributed by atoms with Crippen molar-refractivity contribution in [2.24, 2.45) is 5.92 Å². The van der Waals surface area contributed by atoms with Gasteiger partial charge in [-0.1, -0.05) is 12.1 Å². The van der Waals surface area contributed by atoms with E-state index in [1.807, 2.05) is 13.0 Å². The summed E-state index contributed by atoms with van der Waals surface area (Å²) in [4.78, 5) is 11.8. The molecule has 122 valence electrons. The lowest BCUT2D eigenvalue weighted by Gasteiger charge is -2.12. The first-order valence-corrected chi connectivity index (χ1v) is 9.14. The number of benzene rings is 1. The van der Waals surface area contributed by atoms with Gasteiger partial charge in [-0.3, -0.25) is 4.79 Å². The van der Waals surface area contributed by atoms with Gasteiger partial charge in [-0.2, -0.15) is 0 Å². The first-order valence-electron chi connectivity index (χ1n) is 7.32. The second kappa shape index (κ2) is 7.49. The summed E-state index contributed by atoms with van der Waals surface area (Å²) in [6, 6.07) is 7.15. The van der Waals surface area contributed by atoms with Gasteiger partial charge in [0, 0.05) is 6.54 Å². The Bertz CT molecular complexity index is 614. The van der Waals surface area contributed by atoms with E-state index in [0.717, 1.165) is 0 Å². The average Bonchev–Trinajstić information content (AvgIpc) is 2.84. The van der Waals surface area contributed by atoms with Crippen molar-refractivity contribution in [3.63, 3.8) is 0 Å². The molecule has 0 aromatic heterocycles. The molecule has 1 N–H and O–H groups in total. The number of hydrogen-bond donors (Lipinski definition) is 1. The zero-order valence-corrected chi connectivity index (χ0v) is 13.4. The van der Waals surface area contributed by atoms with Gasteiger partial charge >= 0.3 is 0 Å². The van der Waals surface area contributed by atoms with Crippen molar-refractivity contribution in [3.8, 4) is 11.5 Å². The van der Waals surface area contributed by atoms with Crippen LogP contribution in [-0.2, 0) is 14.6 Å². The first kappa shape index (κ1) is 16.6. The molecule has 1 saturated heterocycles. The topological polar surface area (TPSA) is 81.7 Å². The molecule has 6 nitrogen and oxygen atoms in total. The van der Waals surface area contributed by atoms with Crippen LogP contribution in [-0.4, -0.2) is 45.6 Å². The molecule has 1 aromatic rings. The number of hydrogen-bond acceptors (Lipinski definition) is 5. The van der Waals surface area contributed by atoms with Gasteiger partial charge in [0.25, 0.3) is 5.91 Å². The van der Waals surface area contributed by atoms with Crippen LogP contribution in [0.3, 0.4) is 0 Å². The summed E-state index contributed by atoms with van der Waals surface area (Å²) in [5.74, 6) is 1.22. The number of ether oxygens (including phenoxy) is 2. The molecule has 0 bridgehead atoms. The summed E-state index contributed by atoms with van der Waals surface area (Å²) < 4.78 is 33.6. The standard InChI is InChI=1S/C15H21NO5S/c1-2-20-13-5-3-4-6-14(13)21-10-15(17)16-9-12-7-8-22(18,19)11-12/h3-6,12H,2,7-11H2,1H3,(H,16,17)/t12-/m1/s1. The van der Waals surface area contributed by atoms with Crippen LogP contribution >= 0.6 is 0 Å². The molecular formula is C15H21NO5S. The van der Waals surface area contributed by atoms with E-state index in [2.05, 4.69) is 5.32 Å². The molecule has 1 aliphatic heterocycles. The van der Waals surface area contributed by atoms with E-state index >= 15 is 0 Å². The molecule has 7 heteroatoms. The predicted octanol–water partition coefficient (Wildman–Crippen LogP) is 1.01. The quantitative estimate of drug-likeness (QED) is 0.808. The number of amides is 1. The predicted molar refractivity (Wildman–Crippen MR) is 82.9 cm³/mol. The van der Waals surface area contributed by atoms with Crippen molar-refractivity contribution in [1.29, 1.82) is 0 Å². The van der Waals surface area contributed by atoms with Gasteiger partial charge in [0.2, 0.25) is 0 Å². The third kappa shape index (κ3) is 4.91. The number of sulfone groups is 1. The highest BCUT2D eigenvalue weighted by molar-refractivity contribution is 7.91. The van der Waals surface area contributed by atoms with Gasteiger partial charge in [0.15, 0.2) is 27.9 Å². The number of rotatable bonds is 7. The fourth-order valence-corrected chi connectivity index (χ4v) is 4.19. The Morgan fingerprint density at radius 2 is 1.95 bits per heavy atom. The van der Waals surface area contributed by atoms with E-state index in [0.29, 0.717) is 31.1 Å². The third-order valence-electron chi connectivity index (χ3n) is 3.42. The molecule has 0 aliphatic carbocycles. The number of nitrogens with one attached hydrogen (secondary N) is 1. The van der Waals surface area contributed by atoms with E-state index in [9.17, 15) is 13.2 Å². The Kier molecular flexibility index (Phi) is 5.65. The fourth-order valence-electron chi connectivity index (χ4n) is 2.33. The molecule has 2 rings (SSSR count). The Balaban J connectivity index is 1.76. The summed E-state index contributed by atoms with van der Waals surface area (Å²) in [5.41, 5.74) is 0. The van der Waals surface area contributed by atoms with Crippen molar-refractivity contribution < 1.29 is 22.7 Å². The van der Waals surface area contributed by atoms with Crippen molar-refractivity contribution in [2.75, 3.05) is 31.3 Å². The monoisotopic (exact) mass is 327 g/mol. The van der Waals surface area contributed by atoms with Gasteiger partial charge < -0.3 is 14.8 Å². The number of carbonyl (C=O) groups excluding carboxylic acids is 1. The lowest BCUT2D eigenvalue weighted by atomic mass is 10.1. The second-order valence-electron chi connectivity index (χ2n) is 5.24. The van der Waals surface area contributed by atoms with Crippen LogP contribution in [0.25, 0.3) is 0 Å². The molecule has 1 aliphatic rings. The molecule has 0 unspecified atom stereocenters. The molecule has 1 heterocycles. The van der Waals surface area contributed by atoms with Gasteiger partial charge in [0.1, 0.15) is 0 Å². The van der Waals surface area contributed by atoms with Crippen LogP contribution in [0.1, 0.15) is 13.3 Å². The molecule has 1 amide bonds. The van der Waals surface area contributed by atoms with Gasteiger partial charge in [0.05, 0.1) is 18.1 Å². The molecule has 22 heavy (non-hydrogen) atoms. The second-order valence-corrected chi connectivity index (χ2v) is 7.47. The lowest BCUT2D eigenvalue weighted by Crippen LogP contribution is -2.33. The van der Waals surface area contributed by atoms with Gasteiger partial charge in [-0.15, -0.1) is 0 Å². The minimum Gasteiger partial charge on any atom is -0.490 e. The van der Waals surface area contributed by atoms with Crippen LogP contribution < -0.4 is 14.8 Å². The third-order valence-corrected chi connectivity index (χ3v) is 5.26. The maximum atomic E-state index is 11.8. The van der Waals surface area contributed by atoms with E-state index in [1.165, 1.54) is 0 Å². The van der Waals surface area contributed by atoms with E-state index < -0.39 is 9.84 Å². The number of carbonyl (C=O) groups is 1. The van der Waals surface area contributed by atoms with Crippen molar-refractivity contribution in [3.05, 3.63) is 24.3 Å². The molecule has 1 aromatic carbocycles. The fraction of sp³-hybridized carbons (Fsp3) is 0.533. The van der Waals surface area contributed by atoms with Crippen molar-refractivity contribution in [2.45, 2.75) is 13.3 Å². The SMILES string of the molecule is CCOc1ccccc1OCC(=O)NC[C@H]1CCS(=O)(=O)C1. The minimum atomic E-state index is -2.91. The van der Waals surface area contributed by atoms with Crippen LogP contribution in [0, 0.1) is 5.92 Å². The Labute approximate surface area is 130 Å². The summed E-state index contributed by atoms with van der Waals surface area (Å²) in [6.07, 6.45) is 0.608. The highest BCUT2D eigenvalue weighted by Crippen LogP contribution is 2.26. The van der Waals surface area contributed by atoms with Gasteiger partial charge in [-0.05, 0) is 31.4 Å². The zero-order valence-electron chi connectivity index (χ0n) is 12.6. The van der Waals surface area contributed by atoms with Crippen LogP contribution in [0.5, 0.6) is 11.5 Å². The first-order chi connectivity index (χ1) is 10.5.